The maximum atomic E-state index is 12.3. The van der Waals surface area contributed by atoms with Gasteiger partial charge in [-0.05, 0) is 54.4 Å². The van der Waals surface area contributed by atoms with E-state index >= 15 is 0 Å². The average molecular weight is 447 g/mol. The number of carbonyl (C=O) groups is 2. The Bertz CT molecular complexity index is 1150. The van der Waals surface area contributed by atoms with Crippen LogP contribution in [0.5, 0.6) is 5.75 Å². The molecule has 0 saturated carbocycles. The van der Waals surface area contributed by atoms with Gasteiger partial charge < -0.3 is 4.74 Å². The van der Waals surface area contributed by atoms with Gasteiger partial charge in [-0.3, -0.25) is 9.59 Å². The highest BCUT2D eigenvalue weighted by molar-refractivity contribution is 6.30. The molecule has 32 heavy (non-hydrogen) atoms. The normalized spacial score (nSPS) is 15.4. The summed E-state index contributed by atoms with van der Waals surface area (Å²) in [4.78, 5) is 24.5. The van der Waals surface area contributed by atoms with Gasteiger partial charge in [-0.2, -0.15) is 5.10 Å². The van der Waals surface area contributed by atoms with Crippen molar-refractivity contribution in [2.75, 3.05) is 6.61 Å². The molecule has 3 aromatic carbocycles. The molecular formula is C26H23ClN2O3. The third kappa shape index (κ3) is 4.89. The number of hydrogen-bond acceptors (Lipinski definition) is 4. The van der Waals surface area contributed by atoms with Crippen LogP contribution in [-0.2, 0) is 4.79 Å². The molecule has 6 heteroatoms. The van der Waals surface area contributed by atoms with E-state index in [1.807, 2.05) is 67.6 Å². The van der Waals surface area contributed by atoms with Gasteiger partial charge in [0.05, 0.1) is 11.8 Å². The fourth-order valence-corrected chi connectivity index (χ4v) is 3.76. The van der Waals surface area contributed by atoms with Crippen LogP contribution in [0.1, 0.15) is 46.4 Å². The number of aryl methyl sites for hydroxylation is 1. The van der Waals surface area contributed by atoms with Crippen molar-refractivity contribution in [3.05, 3.63) is 100 Å². The lowest BCUT2D eigenvalue weighted by atomic mass is 9.98. The number of hydrazone groups is 1. The lowest BCUT2D eigenvalue weighted by molar-refractivity contribution is -0.130. The molecule has 3 aromatic rings. The number of benzene rings is 3. The Kier molecular flexibility index (Phi) is 6.37. The molecule has 162 valence electrons. The fraction of sp³-hybridized carbons (Fsp3) is 0.192. The molecule has 1 aliphatic heterocycles. The van der Waals surface area contributed by atoms with Crippen molar-refractivity contribution in [3.63, 3.8) is 0 Å². The summed E-state index contributed by atoms with van der Waals surface area (Å²) in [6, 6.07) is 22.2. The average Bonchev–Trinajstić information content (AvgIpc) is 3.25. The zero-order valence-electron chi connectivity index (χ0n) is 17.9. The summed E-state index contributed by atoms with van der Waals surface area (Å²) >= 11 is 6.00. The molecule has 1 atom stereocenters. The highest BCUT2D eigenvalue weighted by Crippen LogP contribution is 2.33. The van der Waals surface area contributed by atoms with Gasteiger partial charge in [-0.15, -0.1) is 0 Å². The Morgan fingerprint density at radius 3 is 2.28 bits per heavy atom. The number of ketones is 1. The largest absolute Gasteiger partial charge is 0.485 e. The summed E-state index contributed by atoms with van der Waals surface area (Å²) in [5.41, 5.74) is 4.45. The molecule has 0 aliphatic carbocycles. The van der Waals surface area contributed by atoms with Crippen LogP contribution in [-0.4, -0.2) is 29.0 Å². The van der Waals surface area contributed by atoms with Crippen molar-refractivity contribution in [2.24, 2.45) is 5.10 Å². The second-order valence-corrected chi connectivity index (χ2v) is 8.22. The zero-order valence-corrected chi connectivity index (χ0v) is 18.7. The second-order valence-electron chi connectivity index (χ2n) is 7.78. The van der Waals surface area contributed by atoms with Gasteiger partial charge in [0.15, 0.2) is 12.4 Å². The number of nitrogens with zero attached hydrogens (tertiary/aromatic N) is 2. The van der Waals surface area contributed by atoms with Gasteiger partial charge in [-0.1, -0.05) is 53.6 Å². The quantitative estimate of drug-likeness (QED) is 0.462. The van der Waals surface area contributed by atoms with Crippen molar-refractivity contribution < 1.29 is 14.3 Å². The number of rotatable bonds is 6. The molecule has 5 nitrogen and oxygen atoms in total. The molecule has 0 fully saturated rings. The first-order valence-electron chi connectivity index (χ1n) is 10.4. The van der Waals surface area contributed by atoms with Gasteiger partial charge >= 0.3 is 0 Å². The van der Waals surface area contributed by atoms with Crippen molar-refractivity contribution >= 4 is 29.0 Å². The first kappa shape index (κ1) is 21.8. The van der Waals surface area contributed by atoms with E-state index in [-0.39, 0.29) is 24.3 Å². The first-order chi connectivity index (χ1) is 15.4. The van der Waals surface area contributed by atoms with Crippen LogP contribution < -0.4 is 4.74 Å². The van der Waals surface area contributed by atoms with Crippen LogP contribution in [0.4, 0.5) is 0 Å². The molecule has 1 amide bonds. The van der Waals surface area contributed by atoms with E-state index in [0.29, 0.717) is 22.8 Å². The summed E-state index contributed by atoms with van der Waals surface area (Å²) in [6.07, 6.45) is 0.604. The van der Waals surface area contributed by atoms with Crippen LogP contribution >= 0.6 is 11.6 Å². The topological polar surface area (TPSA) is 59.0 Å². The molecule has 0 saturated heterocycles. The molecule has 0 spiro atoms. The Balaban J connectivity index is 1.43. The maximum Gasteiger partial charge on any atom is 0.240 e. The molecular weight excluding hydrogens is 424 g/mol. The van der Waals surface area contributed by atoms with Crippen LogP contribution in [0.3, 0.4) is 0 Å². The van der Waals surface area contributed by atoms with Crippen LogP contribution in [0.25, 0.3) is 0 Å². The fourth-order valence-electron chi connectivity index (χ4n) is 3.63. The van der Waals surface area contributed by atoms with E-state index in [1.54, 1.807) is 12.1 Å². The predicted molar refractivity (Wildman–Crippen MR) is 125 cm³/mol. The lowest BCUT2D eigenvalue weighted by Gasteiger charge is -2.20. The van der Waals surface area contributed by atoms with Crippen LogP contribution in [0, 0.1) is 6.92 Å². The molecule has 0 aromatic heterocycles. The van der Waals surface area contributed by atoms with Gasteiger partial charge in [0.25, 0.3) is 0 Å². The molecule has 1 heterocycles. The van der Waals surface area contributed by atoms with Crippen molar-refractivity contribution in [1.29, 1.82) is 0 Å². The van der Waals surface area contributed by atoms with E-state index in [4.69, 9.17) is 16.3 Å². The van der Waals surface area contributed by atoms with Crippen molar-refractivity contribution in [1.82, 2.24) is 5.01 Å². The Hall–Kier alpha value is -3.44. The zero-order chi connectivity index (χ0) is 22.7. The van der Waals surface area contributed by atoms with E-state index < -0.39 is 0 Å². The van der Waals surface area contributed by atoms with Crippen LogP contribution in [0.15, 0.2) is 77.9 Å². The minimum Gasteiger partial charge on any atom is -0.485 e. The summed E-state index contributed by atoms with van der Waals surface area (Å²) in [5.74, 6) is 0.414. The maximum absolute atomic E-state index is 12.3. The minimum absolute atomic E-state index is 0.0277. The SMILES string of the molecule is CC(=O)N1N=C(c2ccc(OCC(=O)c3ccc(C)cc3)cc2)CC1c1ccc(Cl)cc1. The Labute approximate surface area is 192 Å². The van der Waals surface area contributed by atoms with E-state index in [9.17, 15) is 9.59 Å². The van der Waals surface area contributed by atoms with E-state index in [2.05, 4.69) is 5.10 Å². The highest BCUT2D eigenvalue weighted by Gasteiger charge is 2.31. The predicted octanol–water partition coefficient (Wildman–Crippen LogP) is 5.61. The van der Waals surface area contributed by atoms with Crippen LogP contribution in [0.2, 0.25) is 5.02 Å². The summed E-state index contributed by atoms with van der Waals surface area (Å²) in [6.45, 7) is 3.46. The van der Waals surface area contributed by atoms with Crippen molar-refractivity contribution in [2.45, 2.75) is 26.3 Å². The molecule has 1 unspecified atom stereocenters. The van der Waals surface area contributed by atoms with Gasteiger partial charge in [0.1, 0.15) is 5.75 Å². The lowest BCUT2D eigenvalue weighted by Crippen LogP contribution is -2.24. The number of ether oxygens (including phenoxy) is 1. The van der Waals surface area contributed by atoms with E-state index in [1.165, 1.54) is 11.9 Å². The van der Waals surface area contributed by atoms with E-state index in [0.717, 1.165) is 22.4 Å². The number of amides is 1. The number of hydrogen-bond donors (Lipinski definition) is 0. The highest BCUT2D eigenvalue weighted by atomic mass is 35.5. The smallest absolute Gasteiger partial charge is 0.240 e. The summed E-state index contributed by atoms with van der Waals surface area (Å²) < 4.78 is 5.66. The standard InChI is InChI=1S/C26H23ClN2O3/c1-17-3-5-21(6-4-17)26(31)16-32-23-13-9-19(10-14-23)24-15-25(29(28-24)18(2)30)20-7-11-22(27)12-8-20/h3-14,25H,15-16H2,1-2H3. The summed E-state index contributed by atoms with van der Waals surface area (Å²) in [7, 11) is 0. The second kappa shape index (κ2) is 9.37. The molecule has 0 N–H and O–H groups in total. The van der Waals surface area contributed by atoms with Gasteiger partial charge in [0.2, 0.25) is 5.91 Å². The third-order valence-corrected chi connectivity index (χ3v) is 5.67. The monoisotopic (exact) mass is 446 g/mol. The Morgan fingerprint density at radius 1 is 1.00 bits per heavy atom. The van der Waals surface area contributed by atoms with Gasteiger partial charge in [0, 0.05) is 23.9 Å². The van der Waals surface area contributed by atoms with Gasteiger partial charge in [-0.25, -0.2) is 5.01 Å². The molecule has 1 aliphatic rings. The molecule has 0 radical (unpaired) electrons. The minimum atomic E-state index is -0.164. The molecule has 0 bridgehead atoms. The number of carbonyl (C=O) groups excluding carboxylic acids is 2. The Morgan fingerprint density at radius 2 is 1.66 bits per heavy atom. The summed E-state index contributed by atoms with van der Waals surface area (Å²) in [5, 5.41) is 6.73. The molecule has 4 rings (SSSR count). The van der Waals surface area contributed by atoms with Crippen molar-refractivity contribution in [3.8, 4) is 5.75 Å². The number of Topliss-reactive ketones (excluding diaryl/α,β-unsaturated/α-hetero) is 1. The third-order valence-electron chi connectivity index (χ3n) is 5.42. The number of halogens is 1. The first-order valence-corrected chi connectivity index (χ1v) is 10.7.